The van der Waals surface area contributed by atoms with Crippen molar-refractivity contribution in [3.8, 4) is 0 Å². The van der Waals surface area contributed by atoms with Crippen LogP contribution in [-0.2, 0) is 27.3 Å². The molecule has 0 aliphatic rings. The second kappa shape index (κ2) is 12.0. The monoisotopic (exact) mass is 427 g/mol. The lowest BCUT2D eigenvalue weighted by atomic mass is 10.0. The van der Waals surface area contributed by atoms with Crippen molar-refractivity contribution >= 4 is 18.1 Å². The molecule has 0 unspecified atom stereocenters. The fourth-order valence-electron chi connectivity index (χ4n) is 3.00. The lowest BCUT2D eigenvalue weighted by Gasteiger charge is -2.23. The average Bonchev–Trinajstić information content (AvgIpc) is 2.76. The molecule has 0 spiro atoms. The zero-order valence-corrected chi connectivity index (χ0v) is 18.1. The molecule has 31 heavy (non-hydrogen) atoms. The first-order valence-electron chi connectivity index (χ1n) is 10.4. The van der Waals surface area contributed by atoms with E-state index in [9.17, 15) is 18.8 Å². The van der Waals surface area contributed by atoms with Crippen LogP contribution in [-0.4, -0.2) is 36.2 Å². The third kappa shape index (κ3) is 7.61. The SMILES string of the molecule is CC(C)[C@@H](C=O)NC(=O)[C@H](C)NC(=O)[C@@H](Cc1ccccc1F)NCc1ccccc1. The second-order valence-electron chi connectivity index (χ2n) is 7.86. The maximum absolute atomic E-state index is 14.2. The predicted molar refractivity (Wildman–Crippen MR) is 118 cm³/mol. The van der Waals surface area contributed by atoms with Crippen LogP contribution >= 0.6 is 0 Å². The first-order valence-corrected chi connectivity index (χ1v) is 10.4. The number of rotatable bonds is 11. The maximum Gasteiger partial charge on any atom is 0.242 e. The van der Waals surface area contributed by atoms with E-state index in [1.165, 1.54) is 6.07 Å². The summed E-state index contributed by atoms with van der Waals surface area (Å²) >= 11 is 0. The summed E-state index contributed by atoms with van der Waals surface area (Å²) in [5, 5.41) is 8.46. The Kier molecular flexibility index (Phi) is 9.34. The Bertz CT molecular complexity index is 873. The minimum absolute atomic E-state index is 0.0642. The Labute approximate surface area is 182 Å². The molecule has 0 radical (unpaired) electrons. The van der Waals surface area contributed by atoms with E-state index in [1.807, 2.05) is 44.2 Å². The van der Waals surface area contributed by atoms with Crippen LogP contribution in [0.1, 0.15) is 31.9 Å². The number of carbonyl (C=O) groups excluding carboxylic acids is 3. The predicted octanol–water partition coefficient (Wildman–Crippen LogP) is 2.37. The number of halogens is 1. The van der Waals surface area contributed by atoms with Crippen LogP contribution < -0.4 is 16.0 Å². The summed E-state index contributed by atoms with van der Waals surface area (Å²) in [5.41, 5.74) is 1.38. The molecule has 3 N–H and O–H groups in total. The number of carbonyl (C=O) groups is 3. The van der Waals surface area contributed by atoms with Crippen molar-refractivity contribution < 1.29 is 18.8 Å². The summed E-state index contributed by atoms with van der Waals surface area (Å²) in [5.74, 6) is -1.33. The van der Waals surface area contributed by atoms with Crippen LogP contribution in [0.4, 0.5) is 4.39 Å². The molecule has 0 saturated carbocycles. The molecule has 2 amide bonds. The van der Waals surface area contributed by atoms with Crippen LogP contribution in [0, 0.1) is 11.7 Å². The summed E-state index contributed by atoms with van der Waals surface area (Å²) in [7, 11) is 0. The van der Waals surface area contributed by atoms with Crippen molar-refractivity contribution in [3.05, 3.63) is 71.5 Å². The van der Waals surface area contributed by atoms with E-state index in [1.54, 1.807) is 25.1 Å². The highest BCUT2D eigenvalue weighted by Gasteiger charge is 2.25. The maximum atomic E-state index is 14.2. The van der Waals surface area contributed by atoms with Crippen molar-refractivity contribution in [1.29, 1.82) is 0 Å². The van der Waals surface area contributed by atoms with Gasteiger partial charge in [-0.25, -0.2) is 4.39 Å². The molecule has 0 saturated heterocycles. The number of hydrogen-bond acceptors (Lipinski definition) is 4. The quantitative estimate of drug-likeness (QED) is 0.481. The molecular weight excluding hydrogens is 397 g/mol. The lowest BCUT2D eigenvalue weighted by molar-refractivity contribution is -0.130. The van der Waals surface area contributed by atoms with Crippen molar-refractivity contribution in [2.24, 2.45) is 5.92 Å². The average molecular weight is 428 g/mol. The van der Waals surface area contributed by atoms with Crippen molar-refractivity contribution in [2.75, 3.05) is 0 Å². The molecule has 0 aliphatic carbocycles. The number of nitrogens with one attached hydrogen (secondary N) is 3. The molecule has 166 valence electrons. The molecule has 3 atom stereocenters. The van der Waals surface area contributed by atoms with Crippen LogP contribution in [0.5, 0.6) is 0 Å². The van der Waals surface area contributed by atoms with Crippen molar-refractivity contribution in [2.45, 2.75) is 51.9 Å². The third-order valence-electron chi connectivity index (χ3n) is 5.02. The summed E-state index contributed by atoms with van der Waals surface area (Å²) < 4.78 is 14.2. The van der Waals surface area contributed by atoms with Gasteiger partial charge in [0.15, 0.2) is 0 Å². The number of benzene rings is 2. The fourth-order valence-corrected chi connectivity index (χ4v) is 3.00. The molecule has 2 aromatic rings. The second-order valence-corrected chi connectivity index (χ2v) is 7.86. The van der Waals surface area contributed by atoms with Gasteiger partial charge in [-0.15, -0.1) is 0 Å². The van der Waals surface area contributed by atoms with Gasteiger partial charge in [0.2, 0.25) is 11.8 Å². The molecule has 0 aliphatic heterocycles. The first kappa shape index (κ1) is 24.2. The van der Waals surface area contributed by atoms with Gasteiger partial charge in [-0.1, -0.05) is 62.4 Å². The number of amides is 2. The summed E-state index contributed by atoms with van der Waals surface area (Å²) in [6.07, 6.45) is 0.808. The highest BCUT2D eigenvalue weighted by molar-refractivity contribution is 5.90. The molecule has 0 bridgehead atoms. The normalized spacial score (nSPS) is 13.8. The van der Waals surface area contributed by atoms with Gasteiger partial charge in [0.1, 0.15) is 18.1 Å². The van der Waals surface area contributed by atoms with Crippen LogP contribution in [0.3, 0.4) is 0 Å². The molecule has 2 rings (SSSR count). The first-order chi connectivity index (χ1) is 14.8. The van der Waals surface area contributed by atoms with E-state index in [4.69, 9.17) is 0 Å². The van der Waals surface area contributed by atoms with Gasteiger partial charge in [0.05, 0.1) is 12.1 Å². The van der Waals surface area contributed by atoms with E-state index < -0.39 is 35.8 Å². The minimum atomic E-state index is -0.852. The van der Waals surface area contributed by atoms with Gasteiger partial charge in [-0.2, -0.15) is 0 Å². The Morgan fingerprint density at radius 1 is 0.935 bits per heavy atom. The molecule has 0 aromatic heterocycles. The Morgan fingerprint density at radius 3 is 2.19 bits per heavy atom. The van der Waals surface area contributed by atoms with Crippen LogP contribution in [0.2, 0.25) is 0 Å². The standard InChI is InChI=1S/C24H30FN3O3/c1-16(2)22(15-29)28-23(30)17(3)27-24(31)21(13-19-11-7-8-12-20(19)25)26-14-18-9-5-4-6-10-18/h4-12,15-17,21-22,26H,13-14H2,1-3H3,(H,27,31)(H,28,30)/t17-,21+,22+/m0/s1. The number of aldehydes is 1. The van der Waals surface area contributed by atoms with Gasteiger partial charge in [0, 0.05) is 6.54 Å². The molecule has 0 fully saturated rings. The lowest BCUT2D eigenvalue weighted by Crippen LogP contribution is -2.54. The largest absolute Gasteiger partial charge is 0.345 e. The van der Waals surface area contributed by atoms with Crippen molar-refractivity contribution in [1.82, 2.24) is 16.0 Å². The van der Waals surface area contributed by atoms with Crippen LogP contribution in [0.25, 0.3) is 0 Å². The van der Waals surface area contributed by atoms with E-state index >= 15 is 0 Å². The zero-order chi connectivity index (χ0) is 22.8. The Hall–Kier alpha value is -3.06. The van der Waals surface area contributed by atoms with Gasteiger partial charge in [0.25, 0.3) is 0 Å². The highest BCUT2D eigenvalue weighted by atomic mass is 19.1. The topological polar surface area (TPSA) is 87.3 Å². The zero-order valence-electron chi connectivity index (χ0n) is 18.1. The molecule has 0 heterocycles. The molecule has 6 nitrogen and oxygen atoms in total. The van der Waals surface area contributed by atoms with Gasteiger partial charge >= 0.3 is 0 Å². The van der Waals surface area contributed by atoms with E-state index in [2.05, 4.69) is 16.0 Å². The Morgan fingerprint density at radius 2 is 1.58 bits per heavy atom. The summed E-state index contributed by atoms with van der Waals surface area (Å²) in [6, 6.07) is 13.6. The van der Waals surface area contributed by atoms with E-state index in [0.717, 1.165) is 5.56 Å². The highest BCUT2D eigenvalue weighted by Crippen LogP contribution is 2.10. The molecule has 2 aromatic carbocycles. The fraction of sp³-hybridized carbons (Fsp3) is 0.375. The number of hydrogen-bond donors (Lipinski definition) is 3. The van der Waals surface area contributed by atoms with Crippen molar-refractivity contribution in [3.63, 3.8) is 0 Å². The van der Waals surface area contributed by atoms with Gasteiger partial charge in [-0.3, -0.25) is 9.59 Å². The molecular formula is C24H30FN3O3. The van der Waals surface area contributed by atoms with Crippen LogP contribution in [0.15, 0.2) is 54.6 Å². The van der Waals surface area contributed by atoms with E-state index in [0.29, 0.717) is 18.4 Å². The Balaban J connectivity index is 2.08. The summed E-state index contributed by atoms with van der Waals surface area (Å²) in [6.45, 7) is 5.60. The third-order valence-corrected chi connectivity index (χ3v) is 5.02. The van der Waals surface area contributed by atoms with Gasteiger partial charge in [-0.05, 0) is 36.5 Å². The minimum Gasteiger partial charge on any atom is -0.345 e. The van der Waals surface area contributed by atoms with E-state index in [-0.39, 0.29) is 12.3 Å². The smallest absolute Gasteiger partial charge is 0.242 e. The van der Waals surface area contributed by atoms with Gasteiger partial charge < -0.3 is 20.7 Å². The molecule has 7 heteroatoms. The summed E-state index contributed by atoms with van der Waals surface area (Å²) in [4.78, 5) is 36.5.